The van der Waals surface area contributed by atoms with E-state index in [0.29, 0.717) is 18.9 Å². The Morgan fingerprint density at radius 3 is 2.65 bits per heavy atom. The fourth-order valence-electron chi connectivity index (χ4n) is 3.10. The molecule has 1 aromatic carbocycles. The molecule has 0 atom stereocenters. The zero-order valence-electron chi connectivity index (χ0n) is 12.4. The summed E-state index contributed by atoms with van der Waals surface area (Å²) < 4.78 is 13.3. The van der Waals surface area contributed by atoms with Gasteiger partial charge in [0.2, 0.25) is 0 Å². The van der Waals surface area contributed by atoms with Crippen molar-refractivity contribution in [3.05, 3.63) is 35.1 Å². The number of aryl methyl sites for hydroxylation is 1. The number of ketones is 1. The molecule has 2 nitrogen and oxygen atoms in total. The van der Waals surface area contributed by atoms with E-state index < -0.39 is 0 Å². The van der Waals surface area contributed by atoms with E-state index in [1.807, 2.05) is 6.92 Å². The molecule has 2 N–H and O–H groups in total. The van der Waals surface area contributed by atoms with E-state index in [9.17, 15) is 9.18 Å². The largest absolute Gasteiger partial charge is 0.329 e. The fraction of sp³-hybridized carbons (Fsp3) is 0.588. The van der Waals surface area contributed by atoms with Crippen LogP contribution in [0, 0.1) is 24.1 Å². The van der Waals surface area contributed by atoms with Gasteiger partial charge >= 0.3 is 0 Å². The van der Waals surface area contributed by atoms with Crippen LogP contribution in [-0.2, 0) is 11.2 Å². The monoisotopic (exact) mass is 277 g/mol. The lowest BCUT2D eigenvalue weighted by molar-refractivity contribution is -0.129. The van der Waals surface area contributed by atoms with E-state index in [2.05, 4.69) is 6.92 Å². The van der Waals surface area contributed by atoms with Gasteiger partial charge in [-0.15, -0.1) is 0 Å². The van der Waals surface area contributed by atoms with E-state index in [-0.39, 0.29) is 17.0 Å². The van der Waals surface area contributed by atoms with Crippen LogP contribution in [0.15, 0.2) is 18.2 Å². The van der Waals surface area contributed by atoms with Gasteiger partial charge in [0.1, 0.15) is 11.6 Å². The van der Waals surface area contributed by atoms with E-state index in [1.165, 1.54) is 12.1 Å². The summed E-state index contributed by atoms with van der Waals surface area (Å²) in [5.41, 5.74) is 7.29. The van der Waals surface area contributed by atoms with Crippen molar-refractivity contribution in [2.24, 2.45) is 17.1 Å². The van der Waals surface area contributed by atoms with Crippen molar-refractivity contribution in [2.45, 2.75) is 46.0 Å². The summed E-state index contributed by atoms with van der Waals surface area (Å²) in [7, 11) is 0. The molecule has 110 valence electrons. The number of hydrogen-bond acceptors (Lipinski definition) is 2. The van der Waals surface area contributed by atoms with Crippen molar-refractivity contribution in [3.63, 3.8) is 0 Å². The first-order chi connectivity index (χ1) is 9.47. The normalized spacial score (nSPS) is 26.5. The Hall–Kier alpha value is -1.22. The van der Waals surface area contributed by atoms with Crippen LogP contribution >= 0.6 is 0 Å². The third-order valence-corrected chi connectivity index (χ3v) is 4.88. The van der Waals surface area contributed by atoms with Crippen molar-refractivity contribution in [1.29, 1.82) is 0 Å². The number of carbonyl (C=O) groups is 1. The highest BCUT2D eigenvalue weighted by Crippen LogP contribution is 2.39. The van der Waals surface area contributed by atoms with Crippen molar-refractivity contribution in [3.8, 4) is 0 Å². The summed E-state index contributed by atoms with van der Waals surface area (Å²) in [6, 6.07) is 4.64. The Kier molecular flexibility index (Phi) is 4.59. The van der Waals surface area contributed by atoms with Crippen LogP contribution < -0.4 is 5.73 Å². The van der Waals surface area contributed by atoms with Gasteiger partial charge in [-0.1, -0.05) is 13.0 Å². The second-order valence-electron chi connectivity index (χ2n) is 6.34. The lowest BCUT2D eigenvalue weighted by Crippen LogP contribution is -2.42. The first-order valence-corrected chi connectivity index (χ1v) is 7.45. The molecule has 0 radical (unpaired) electrons. The van der Waals surface area contributed by atoms with Gasteiger partial charge in [-0.2, -0.15) is 0 Å². The van der Waals surface area contributed by atoms with Crippen LogP contribution in [0.1, 0.15) is 43.7 Å². The highest BCUT2D eigenvalue weighted by molar-refractivity contribution is 5.87. The van der Waals surface area contributed by atoms with Crippen molar-refractivity contribution >= 4 is 5.78 Å². The SMILES string of the molecule is Cc1ccc(F)cc1CC(=O)C1(CN)CCC(C)CC1. The van der Waals surface area contributed by atoms with E-state index in [0.717, 1.165) is 36.8 Å². The third kappa shape index (κ3) is 3.09. The average molecular weight is 277 g/mol. The molecule has 0 saturated heterocycles. The van der Waals surface area contributed by atoms with Crippen LogP contribution in [0.4, 0.5) is 4.39 Å². The minimum absolute atomic E-state index is 0.181. The molecular formula is C17H24FNO. The quantitative estimate of drug-likeness (QED) is 0.916. The molecule has 1 saturated carbocycles. The molecule has 0 heterocycles. The zero-order valence-corrected chi connectivity index (χ0v) is 12.4. The van der Waals surface area contributed by atoms with Gasteiger partial charge in [0.15, 0.2) is 0 Å². The number of rotatable bonds is 4. The van der Waals surface area contributed by atoms with Crippen LogP contribution in [0.5, 0.6) is 0 Å². The van der Waals surface area contributed by atoms with Crippen LogP contribution in [0.3, 0.4) is 0 Å². The Balaban J connectivity index is 2.15. The minimum atomic E-state index is -0.384. The van der Waals surface area contributed by atoms with Gasteiger partial charge in [-0.05, 0) is 61.8 Å². The van der Waals surface area contributed by atoms with E-state index in [1.54, 1.807) is 6.07 Å². The maximum Gasteiger partial charge on any atom is 0.144 e. The maximum absolute atomic E-state index is 13.3. The van der Waals surface area contributed by atoms with Crippen molar-refractivity contribution in [1.82, 2.24) is 0 Å². The van der Waals surface area contributed by atoms with Crippen molar-refractivity contribution in [2.75, 3.05) is 6.54 Å². The van der Waals surface area contributed by atoms with Crippen molar-refractivity contribution < 1.29 is 9.18 Å². The standard InChI is InChI=1S/C17H24FNO/c1-12-5-7-17(11-19,8-6-12)16(20)10-14-9-15(18)4-3-13(14)2/h3-4,9,12H,5-8,10-11,19H2,1-2H3. The molecule has 1 aromatic rings. The number of benzene rings is 1. The molecule has 0 unspecified atom stereocenters. The summed E-state index contributed by atoms with van der Waals surface area (Å²) in [6.07, 6.45) is 4.17. The summed E-state index contributed by atoms with van der Waals surface area (Å²) in [6.45, 7) is 4.55. The molecule has 0 amide bonds. The Morgan fingerprint density at radius 1 is 1.40 bits per heavy atom. The zero-order chi connectivity index (χ0) is 14.8. The predicted molar refractivity (Wildman–Crippen MR) is 79.0 cm³/mol. The molecule has 20 heavy (non-hydrogen) atoms. The average Bonchev–Trinajstić information content (AvgIpc) is 2.44. The first kappa shape index (κ1) is 15.2. The Labute approximate surface area is 120 Å². The lowest BCUT2D eigenvalue weighted by atomic mass is 9.67. The number of halogens is 1. The van der Waals surface area contributed by atoms with Crippen LogP contribution in [0.25, 0.3) is 0 Å². The highest BCUT2D eigenvalue weighted by atomic mass is 19.1. The topological polar surface area (TPSA) is 43.1 Å². The fourth-order valence-corrected chi connectivity index (χ4v) is 3.10. The summed E-state index contributed by atoms with van der Waals surface area (Å²) in [5, 5.41) is 0. The Morgan fingerprint density at radius 2 is 2.05 bits per heavy atom. The predicted octanol–water partition coefficient (Wildman–Crippen LogP) is 3.40. The van der Waals surface area contributed by atoms with Gasteiger partial charge in [0, 0.05) is 18.4 Å². The van der Waals surface area contributed by atoms with Gasteiger partial charge in [0.25, 0.3) is 0 Å². The number of carbonyl (C=O) groups excluding carboxylic acids is 1. The summed E-state index contributed by atoms with van der Waals surface area (Å²) in [4.78, 5) is 12.7. The third-order valence-electron chi connectivity index (χ3n) is 4.88. The molecule has 0 aromatic heterocycles. The van der Waals surface area contributed by atoms with Gasteiger partial charge in [-0.3, -0.25) is 4.79 Å². The Bertz CT molecular complexity index is 490. The molecule has 0 spiro atoms. The van der Waals surface area contributed by atoms with Crippen LogP contribution in [-0.4, -0.2) is 12.3 Å². The molecule has 0 bridgehead atoms. The van der Waals surface area contributed by atoms with E-state index in [4.69, 9.17) is 5.73 Å². The molecule has 1 fully saturated rings. The smallest absolute Gasteiger partial charge is 0.144 e. The number of Topliss-reactive ketones (excluding diaryl/α,β-unsaturated/α-hetero) is 1. The summed E-state index contributed by atoms with van der Waals surface area (Å²) >= 11 is 0. The lowest BCUT2D eigenvalue weighted by Gasteiger charge is -2.37. The minimum Gasteiger partial charge on any atom is -0.329 e. The van der Waals surface area contributed by atoms with Gasteiger partial charge < -0.3 is 5.73 Å². The second kappa shape index (κ2) is 6.04. The second-order valence-corrected chi connectivity index (χ2v) is 6.34. The first-order valence-electron chi connectivity index (χ1n) is 7.45. The molecule has 3 heteroatoms. The summed E-state index contributed by atoms with van der Waals surface area (Å²) in [5.74, 6) is 0.580. The maximum atomic E-state index is 13.3. The number of nitrogens with two attached hydrogens (primary N) is 1. The highest BCUT2D eigenvalue weighted by Gasteiger charge is 2.39. The van der Waals surface area contributed by atoms with Crippen LogP contribution in [0.2, 0.25) is 0 Å². The van der Waals surface area contributed by atoms with Gasteiger partial charge in [0.05, 0.1) is 0 Å². The molecule has 2 rings (SSSR count). The molecule has 0 aliphatic heterocycles. The molecule has 1 aliphatic carbocycles. The molecule has 1 aliphatic rings. The van der Waals surface area contributed by atoms with E-state index >= 15 is 0 Å². The van der Waals surface area contributed by atoms with Gasteiger partial charge in [-0.25, -0.2) is 4.39 Å². The molecular weight excluding hydrogens is 253 g/mol. The number of hydrogen-bond donors (Lipinski definition) is 1.